The van der Waals surface area contributed by atoms with E-state index in [0.717, 1.165) is 21.7 Å². The normalized spacial score (nSPS) is 13.0. The fraction of sp³-hybridized carbons (Fsp3) is 0.222. The summed E-state index contributed by atoms with van der Waals surface area (Å²) in [7, 11) is 0. The van der Waals surface area contributed by atoms with Crippen LogP contribution in [0.25, 0.3) is 10.2 Å². The van der Waals surface area contributed by atoms with Crippen LogP contribution in [0.5, 0.6) is 11.5 Å². The number of nitrogens with zero attached hydrogens (tertiary/aromatic N) is 1. The van der Waals surface area contributed by atoms with Gasteiger partial charge in [0, 0.05) is 17.9 Å². The number of thiazole rings is 1. The van der Waals surface area contributed by atoms with Crippen molar-refractivity contribution in [2.75, 3.05) is 24.3 Å². The number of benzene rings is 2. The van der Waals surface area contributed by atoms with Gasteiger partial charge in [-0.3, -0.25) is 4.79 Å². The third kappa shape index (κ3) is 3.88. The topological polar surface area (TPSA) is 60.5 Å². The summed E-state index contributed by atoms with van der Waals surface area (Å²) < 4.78 is 12.1. The number of aromatic nitrogens is 1. The van der Waals surface area contributed by atoms with E-state index < -0.39 is 0 Å². The van der Waals surface area contributed by atoms with Gasteiger partial charge in [-0.1, -0.05) is 41.7 Å². The average Bonchev–Trinajstić information content (AvgIpc) is 3.01. The molecule has 0 radical (unpaired) electrons. The first-order chi connectivity index (χ1) is 12.3. The second kappa shape index (κ2) is 7.33. The summed E-state index contributed by atoms with van der Waals surface area (Å²) in [5, 5.41) is 3.47. The van der Waals surface area contributed by atoms with Crippen molar-refractivity contribution in [1.29, 1.82) is 0 Å². The minimum absolute atomic E-state index is 0.0442. The Kier molecular flexibility index (Phi) is 4.76. The van der Waals surface area contributed by atoms with Crippen LogP contribution in [0.3, 0.4) is 0 Å². The van der Waals surface area contributed by atoms with Crippen molar-refractivity contribution in [3.8, 4) is 11.5 Å². The number of nitrogens with one attached hydrogen (secondary N) is 1. The molecule has 5 nitrogen and oxygen atoms in total. The number of rotatable bonds is 5. The lowest BCUT2D eigenvalue weighted by atomic mass is 10.2. The zero-order chi connectivity index (χ0) is 17.1. The largest absolute Gasteiger partial charge is 0.486 e. The maximum Gasteiger partial charge on any atom is 0.236 e. The summed E-state index contributed by atoms with van der Waals surface area (Å²) in [6.07, 6.45) is 0. The Balaban J connectivity index is 1.37. The van der Waals surface area contributed by atoms with Gasteiger partial charge in [-0.2, -0.15) is 0 Å². The molecule has 0 saturated carbocycles. The maximum atomic E-state index is 12.1. The monoisotopic (exact) mass is 372 g/mol. The van der Waals surface area contributed by atoms with Gasteiger partial charge in [0.25, 0.3) is 0 Å². The summed E-state index contributed by atoms with van der Waals surface area (Å²) in [5.41, 5.74) is 2.02. The lowest BCUT2D eigenvalue weighted by Gasteiger charge is -2.17. The summed E-state index contributed by atoms with van der Waals surface area (Å²) in [6, 6.07) is 13.9. The first-order valence-corrected chi connectivity index (χ1v) is 9.87. The molecular formula is C18H16N2O3S2. The smallest absolute Gasteiger partial charge is 0.236 e. The van der Waals surface area contributed by atoms with Crippen LogP contribution in [-0.4, -0.2) is 29.9 Å². The van der Waals surface area contributed by atoms with Gasteiger partial charge < -0.3 is 14.8 Å². The maximum absolute atomic E-state index is 12.1. The summed E-state index contributed by atoms with van der Waals surface area (Å²) in [4.78, 5) is 16.6. The van der Waals surface area contributed by atoms with E-state index in [1.54, 1.807) is 11.8 Å². The van der Waals surface area contributed by atoms with E-state index in [0.29, 0.717) is 29.8 Å². The lowest BCUT2D eigenvalue weighted by molar-refractivity contribution is -0.113. The number of fused-ring (bicyclic) bond motifs is 2. The van der Waals surface area contributed by atoms with E-state index in [1.807, 2.05) is 30.3 Å². The Morgan fingerprint density at radius 2 is 1.92 bits per heavy atom. The molecule has 25 heavy (non-hydrogen) atoms. The number of thioether (sulfide) groups is 1. The number of amides is 1. The third-order valence-corrected chi connectivity index (χ3v) is 5.58. The first kappa shape index (κ1) is 16.2. The quantitative estimate of drug-likeness (QED) is 0.735. The molecule has 0 unspecified atom stereocenters. The molecule has 2 aromatic carbocycles. The minimum Gasteiger partial charge on any atom is -0.486 e. The molecule has 1 amide bonds. The minimum atomic E-state index is -0.0442. The molecule has 1 aliphatic rings. The highest BCUT2D eigenvalue weighted by molar-refractivity contribution is 7.99. The van der Waals surface area contributed by atoms with Crippen LogP contribution < -0.4 is 14.8 Å². The van der Waals surface area contributed by atoms with Gasteiger partial charge in [0.2, 0.25) is 5.91 Å². The molecule has 128 valence electrons. The highest BCUT2D eigenvalue weighted by Gasteiger charge is 2.16. The molecule has 3 aromatic rings. The van der Waals surface area contributed by atoms with Crippen LogP contribution in [-0.2, 0) is 10.5 Å². The zero-order valence-corrected chi connectivity index (χ0v) is 15.0. The van der Waals surface area contributed by atoms with Gasteiger partial charge in [0.1, 0.15) is 13.2 Å². The number of hydrogen-bond acceptors (Lipinski definition) is 6. The highest BCUT2D eigenvalue weighted by Crippen LogP contribution is 2.37. The van der Waals surface area contributed by atoms with Gasteiger partial charge in [0.15, 0.2) is 16.6 Å². The molecule has 0 saturated heterocycles. The highest BCUT2D eigenvalue weighted by atomic mass is 32.2. The second-order valence-corrected chi connectivity index (χ2v) is 7.53. The number of hydrogen-bond donors (Lipinski definition) is 1. The molecule has 1 N–H and O–H groups in total. The Bertz CT molecular complexity index is 853. The second-order valence-electron chi connectivity index (χ2n) is 5.51. The van der Waals surface area contributed by atoms with Gasteiger partial charge in [0.05, 0.1) is 16.0 Å². The Morgan fingerprint density at radius 1 is 1.16 bits per heavy atom. The average molecular weight is 372 g/mol. The first-order valence-electron chi connectivity index (χ1n) is 7.90. The number of anilines is 1. The molecule has 0 aliphatic carbocycles. The predicted molar refractivity (Wildman–Crippen MR) is 102 cm³/mol. The third-order valence-electron chi connectivity index (χ3n) is 3.64. The van der Waals surface area contributed by atoms with E-state index >= 15 is 0 Å². The van der Waals surface area contributed by atoms with Gasteiger partial charge in [-0.25, -0.2) is 4.98 Å². The Labute approximate surface area is 153 Å². The van der Waals surface area contributed by atoms with E-state index in [1.165, 1.54) is 16.9 Å². The number of carbonyl (C=O) groups excluding carboxylic acids is 1. The van der Waals surface area contributed by atoms with Crippen molar-refractivity contribution >= 4 is 44.4 Å². The Hall–Kier alpha value is -2.25. The van der Waals surface area contributed by atoms with Gasteiger partial charge in [-0.05, 0) is 5.56 Å². The van der Waals surface area contributed by atoms with Crippen LogP contribution in [0.4, 0.5) is 5.13 Å². The van der Waals surface area contributed by atoms with Crippen molar-refractivity contribution in [3.63, 3.8) is 0 Å². The molecule has 0 spiro atoms. The standard InChI is InChI=1S/C18H16N2O3S2/c21-17(11-24-10-12-4-2-1-3-5-12)20-18-19-13-8-14-15(9-16(13)25-18)23-7-6-22-14/h1-5,8-9H,6-7,10-11H2,(H,19,20,21). The molecule has 1 aromatic heterocycles. The van der Waals surface area contributed by atoms with Gasteiger partial charge in [-0.15, -0.1) is 11.8 Å². The summed E-state index contributed by atoms with van der Waals surface area (Å²) >= 11 is 3.03. The molecular weight excluding hydrogens is 356 g/mol. The summed E-state index contributed by atoms with van der Waals surface area (Å²) in [5.74, 6) is 2.61. The van der Waals surface area contributed by atoms with Crippen LogP contribution in [0.1, 0.15) is 5.56 Å². The molecule has 0 fully saturated rings. The van der Waals surface area contributed by atoms with Gasteiger partial charge >= 0.3 is 0 Å². The van der Waals surface area contributed by atoms with E-state index in [-0.39, 0.29) is 5.91 Å². The molecule has 0 atom stereocenters. The van der Waals surface area contributed by atoms with Crippen molar-refractivity contribution in [1.82, 2.24) is 4.98 Å². The van der Waals surface area contributed by atoms with Crippen LogP contribution >= 0.6 is 23.1 Å². The molecule has 4 rings (SSSR count). The van der Waals surface area contributed by atoms with E-state index in [4.69, 9.17) is 9.47 Å². The zero-order valence-electron chi connectivity index (χ0n) is 13.4. The van der Waals surface area contributed by atoms with Crippen LogP contribution in [0.2, 0.25) is 0 Å². The fourth-order valence-corrected chi connectivity index (χ4v) is 4.19. The van der Waals surface area contributed by atoms with Crippen molar-refractivity contribution in [2.24, 2.45) is 0 Å². The number of ether oxygens (including phenoxy) is 2. The van der Waals surface area contributed by atoms with Crippen molar-refractivity contribution in [2.45, 2.75) is 5.75 Å². The van der Waals surface area contributed by atoms with E-state index in [9.17, 15) is 4.79 Å². The van der Waals surface area contributed by atoms with Crippen LogP contribution in [0.15, 0.2) is 42.5 Å². The van der Waals surface area contributed by atoms with E-state index in [2.05, 4.69) is 22.4 Å². The summed E-state index contributed by atoms with van der Waals surface area (Å²) in [6.45, 7) is 1.10. The fourth-order valence-electron chi connectivity index (χ4n) is 2.51. The van der Waals surface area contributed by atoms with Crippen molar-refractivity contribution < 1.29 is 14.3 Å². The SMILES string of the molecule is O=C(CSCc1ccccc1)Nc1nc2cc3c(cc2s1)OCCO3. The lowest BCUT2D eigenvalue weighted by Crippen LogP contribution is -2.15. The van der Waals surface area contributed by atoms with Crippen LogP contribution in [0, 0.1) is 0 Å². The molecule has 0 bridgehead atoms. The molecule has 1 aliphatic heterocycles. The Morgan fingerprint density at radius 3 is 2.72 bits per heavy atom. The molecule has 2 heterocycles. The van der Waals surface area contributed by atoms with Crippen molar-refractivity contribution in [3.05, 3.63) is 48.0 Å². The predicted octanol–water partition coefficient (Wildman–Crippen LogP) is 3.94. The number of carbonyl (C=O) groups is 1. The molecule has 7 heteroatoms.